The van der Waals surface area contributed by atoms with E-state index in [1.54, 1.807) is 19.2 Å². The molecule has 2 aliphatic heterocycles. The van der Waals surface area contributed by atoms with Crippen LogP contribution in [0.1, 0.15) is 40.3 Å². The molecule has 2 aromatic rings. The smallest absolute Gasteiger partial charge is 0.231 e. The zero-order valence-electron chi connectivity index (χ0n) is 18.3. The summed E-state index contributed by atoms with van der Waals surface area (Å²) in [5, 5.41) is 19.6. The van der Waals surface area contributed by atoms with E-state index in [9.17, 15) is 15.0 Å². The summed E-state index contributed by atoms with van der Waals surface area (Å²) in [6.07, 6.45) is 1.41. The van der Waals surface area contributed by atoms with Crippen LogP contribution < -0.4 is 14.2 Å². The quantitative estimate of drug-likeness (QED) is 0.659. The molecule has 0 saturated carbocycles. The number of ether oxygens (including phenoxy) is 3. The van der Waals surface area contributed by atoms with Gasteiger partial charge in [0.15, 0.2) is 11.5 Å². The van der Waals surface area contributed by atoms with Crippen LogP contribution in [0.4, 0.5) is 0 Å². The molecule has 1 unspecified atom stereocenters. The van der Waals surface area contributed by atoms with Crippen LogP contribution in [0.3, 0.4) is 0 Å². The molecular formula is C24H30NO6+. The van der Waals surface area contributed by atoms with Gasteiger partial charge in [-0.15, -0.1) is 0 Å². The lowest BCUT2D eigenvalue weighted by atomic mass is 9.83. The first-order chi connectivity index (χ1) is 14.9. The lowest BCUT2D eigenvalue weighted by molar-refractivity contribution is -0.922. The van der Waals surface area contributed by atoms with Crippen molar-refractivity contribution < 1.29 is 33.7 Å². The number of fused-ring (bicyclic) bond motifs is 2. The molecule has 2 aromatic carbocycles. The molecule has 7 heteroatoms. The maximum atomic E-state index is 13.2. The Labute approximate surface area is 182 Å². The van der Waals surface area contributed by atoms with E-state index in [-0.39, 0.29) is 38.3 Å². The van der Waals surface area contributed by atoms with Gasteiger partial charge in [0.2, 0.25) is 6.79 Å². The molecule has 0 aliphatic carbocycles. The van der Waals surface area contributed by atoms with Gasteiger partial charge in [0, 0.05) is 29.5 Å². The molecule has 4 rings (SSSR count). The van der Waals surface area contributed by atoms with Crippen LogP contribution in [0, 0.1) is 0 Å². The number of aliphatic hydroxyl groups is 2. The standard InChI is InChI=1S/C24H30NO6/c1-25(2)7-6-16-10-22-24(31-14-30-22)19(13-27)23(16)20(25)11-18(28)9-17-8-15(12-26)4-5-21(17)29-3/h4-5,8,10,20,26-27H,6-7,9,11-14H2,1-3H3/q+1. The first-order valence-electron chi connectivity index (χ1n) is 10.5. The number of likely N-dealkylation sites (N-methyl/N-ethyl adjacent to an activating group) is 1. The van der Waals surface area contributed by atoms with Crippen LogP contribution in [-0.2, 0) is 30.8 Å². The molecule has 0 saturated heterocycles. The second kappa shape index (κ2) is 8.49. The molecule has 0 aromatic heterocycles. The van der Waals surface area contributed by atoms with Crippen molar-refractivity contribution in [1.82, 2.24) is 0 Å². The molecule has 0 bridgehead atoms. The number of carbonyl (C=O) groups excluding carboxylic acids is 1. The van der Waals surface area contributed by atoms with Gasteiger partial charge >= 0.3 is 0 Å². The summed E-state index contributed by atoms with van der Waals surface area (Å²) in [5.41, 5.74) is 4.37. The number of benzene rings is 2. The molecule has 0 fully saturated rings. The van der Waals surface area contributed by atoms with E-state index < -0.39 is 0 Å². The third-order valence-corrected chi connectivity index (χ3v) is 6.52. The van der Waals surface area contributed by atoms with Crippen LogP contribution >= 0.6 is 0 Å². The molecule has 0 amide bonds. The topological polar surface area (TPSA) is 85.2 Å². The number of aliphatic hydroxyl groups excluding tert-OH is 2. The van der Waals surface area contributed by atoms with Crippen molar-refractivity contribution in [2.45, 2.75) is 38.5 Å². The van der Waals surface area contributed by atoms with Crippen LogP contribution in [0.15, 0.2) is 24.3 Å². The lowest BCUT2D eigenvalue weighted by Crippen LogP contribution is -2.49. The number of Topliss-reactive ketones (excluding diaryl/α,β-unsaturated/α-hetero) is 1. The fourth-order valence-corrected chi connectivity index (χ4v) is 4.79. The van der Waals surface area contributed by atoms with Gasteiger partial charge in [0.05, 0.1) is 47.4 Å². The summed E-state index contributed by atoms with van der Waals surface area (Å²) in [6.45, 7) is 0.789. The number of methoxy groups -OCH3 is 1. The Morgan fingerprint density at radius 2 is 2.00 bits per heavy atom. The molecule has 2 aliphatic rings. The van der Waals surface area contributed by atoms with Gasteiger partial charge < -0.3 is 28.9 Å². The van der Waals surface area contributed by atoms with Crippen LogP contribution in [0.2, 0.25) is 0 Å². The number of hydrogen-bond donors (Lipinski definition) is 2. The molecule has 2 heterocycles. The minimum atomic E-state index is -0.161. The highest BCUT2D eigenvalue weighted by Gasteiger charge is 2.41. The number of ketones is 1. The largest absolute Gasteiger partial charge is 0.496 e. The number of hydrogen-bond acceptors (Lipinski definition) is 6. The Morgan fingerprint density at radius 3 is 2.71 bits per heavy atom. The highest BCUT2D eigenvalue weighted by atomic mass is 16.7. The number of rotatable bonds is 7. The Bertz CT molecular complexity index is 1000. The van der Waals surface area contributed by atoms with Gasteiger partial charge in [0.1, 0.15) is 17.6 Å². The minimum absolute atomic E-state index is 0.0824. The number of carbonyl (C=O) groups is 1. The van der Waals surface area contributed by atoms with Crippen molar-refractivity contribution in [2.75, 3.05) is 34.5 Å². The fraction of sp³-hybridized carbons (Fsp3) is 0.458. The van der Waals surface area contributed by atoms with E-state index in [1.165, 1.54) is 0 Å². The summed E-state index contributed by atoms with van der Waals surface area (Å²) in [7, 11) is 5.83. The first-order valence-corrected chi connectivity index (χ1v) is 10.5. The Hall–Kier alpha value is -2.61. The molecule has 31 heavy (non-hydrogen) atoms. The third kappa shape index (κ3) is 4.01. The minimum Gasteiger partial charge on any atom is -0.496 e. The summed E-state index contributed by atoms with van der Waals surface area (Å²) in [5.74, 6) is 1.99. The first kappa shape index (κ1) is 21.6. The zero-order valence-corrected chi connectivity index (χ0v) is 18.3. The van der Waals surface area contributed by atoms with Crippen LogP contribution in [-0.4, -0.2) is 55.0 Å². The van der Waals surface area contributed by atoms with E-state index in [0.29, 0.717) is 28.2 Å². The van der Waals surface area contributed by atoms with Crippen molar-refractivity contribution in [3.05, 3.63) is 52.1 Å². The zero-order chi connectivity index (χ0) is 22.2. The molecule has 2 N–H and O–H groups in total. The van der Waals surface area contributed by atoms with Crippen molar-refractivity contribution in [2.24, 2.45) is 0 Å². The van der Waals surface area contributed by atoms with Crippen LogP contribution in [0.25, 0.3) is 0 Å². The predicted octanol–water partition coefficient (Wildman–Crippen LogP) is 2.28. The number of quaternary nitrogens is 1. The normalized spacial score (nSPS) is 18.5. The summed E-state index contributed by atoms with van der Waals surface area (Å²) >= 11 is 0. The average Bonchev–Trinajstić information content (AvgIpc) is 3.22. The van der Waals surface area contributed by atoms with E-state index >= 15 is 0 Å². The summed E-state index contributed by atoms with van der Waals surface area (Å²) in [4.78, 5) is 13.2. The van der Waals surface area contributed by atoms with Gasteiger partial charge in [-0.25, -0.2) is 0 Å². The molecule has 0 radical (unpaired) electrons. The van der Waals surface area contributed by atoms with Gasteiger partial charge in [-0.05, 0) is 29.3 Å². The van der Waals surface area contributed by atoms with E-state index in [1.807, 2.05) is 12.1 Å². The van der Waals surface area contributed by atoms with Gasteiger partial charge in [0.25, 0.3) is 0 Å². The highest BCUT2D eigenvalue weighted by molar-refractivity contribution is 5.82. The Morgan fingerprint density at radius 1 is 1.19 bits per heavy atom. The van der Waals surface area contributed by atoms with Gasteiger partial charge in [-0.1, -0.05) is 6.07 Å². The highest BCUT2D eigenvalue weighted by Crippen LogP contribution is 2.47. The summed E-state index contributed by atoms with van der Waals surface area (Å²) < 4.78 is 17.3. The number of nitrogens with zero attached hydrogens (tertiary/aromatic N) is 1. The molecular weight excluding hydrogens is 398 g/mol. The summed E-state index contributed by atoms with van der Waals surface area (Å²) in [6, 6.07) is 7.30. The third-order valence-electron chi connectivity index (χ3n) is 6.52. The Balaban J connectivity index is 1.67. The van der Waals surface area contributed by atoms with E-state index in [0.717, 1.165) is 40.8 Å². The monoisotopic (exact) mass is 428 g/mol. The SMILES string of the molecule is COc1ccc(CO)cc1CC(=O)CC1c2c(cc3c(c2CO)OCO3)CC[N+]1(C)C. The molecule has 166 valence electrons. The van der Waals surface area contributed by atoms with Gasteiger partial charge in [-0.3, -0.25) is 4.79 Å². The van der Waals surface area contributed by atoms with Crippen molar-refractivity contribution >= 4 is 5.78 Å². The van der Waals surface area contributed by atoms with Crippen molar-refractivity contribution in [3.8, 4) is 17.2 Å². The van der Waals surface area contributed by atoms with Crippen molar-refractivity contribution in [3.63, 3.8) is 0 Å². The lowest BCUT2D eigenvalue weighted by Gasteiger charge is -2.43. The maximum Gasteiger partial charge on any atom is 0.231 e. The second-order valence-corrected chi connectivity index (χ2v) is 8.81. The molecule has 1 atom stereocenters. The van der Waals surface area contributed by atoms with E-state index in [2.05, 4.69) is 14.1 Å². The molecule has 7 nitrogen and oxygen atoms in total. The average molecular weight is 429 g/mol. The van der Waals surface area contributed by atoms with Crippen molar-refractivity contribution in [1.29, 1.82) is 0 Å². The Kier molecular flexibility index (Phi) is 5.92. The predicted molar refractivity (Wildman–Crippen MR) is 114 cm³/mol. The van der Waals surface area contributed by atoms with Gasteiger partial charge in [-0.2, -0.15) is 0 Å². The van der Waals surface area contributed by atoms with E-state index in [4.69, 9.17) is 14.2 Å². The molecule has 0 spiro atoms. The van der Waals surface area contributed by atoms with Crippen LogP contribution in [0.5, 0.6) is 17.2 Å². The second-order valence-electron chi connectivity index (χ2n) is 8.81. The maximum absolute atomic E-state index is 13.2. The fourth-order valence-electron chi connectivity index (χ4n) is 4.79.